The van der Waals surface area contributed by atoms with Gasteiger partial charge < -0.3 is 10.8 Å². The molecule has 0 bridgehead atoms. The first kappa shape index (κ1) is 9.46. The van der Waals surface area contributed by atoms with Crippen LogP contribution in [-0.2, 0) is 5.60 Å². The third-order valence-electron chi connectivity index (χ3n) is 3.09. The lowest BCUT2D eigenvalue weighted by Gasteiger charge is -2.24. The molecule has 0 radical (unpaired) electrons. The van der Waals surface area contributed by atoms with Crippen molar-refractivity contribution >= 4 is 5.69 Å². The molecule has 1 fully saturated rings. The van der Waals surface area contributed by atoms with Gasteiger partial charge in [-0.25, -0.2) is 0 Å². The van der Waals surface area contributed by atoms with Crippen molar-refractivity contribution in [3.05, 3.63) is 24.0 Å². The maximum absolute atomic E-state index is 10.4. The van der Waals surface area contributed by atoms with E-state index < -0.39 is 5.60 Å². The number of aliphatic hydroxyl groups is 1. The van der Waals surface area contributed by atoms with E-state index in [4.69, 9.17) is 5.73 Å². The van der Waals surface area contributed by atoms with Crippen LogP contribution in [0, 0.1) is 5.92 Å². The Balaban J connectivity index is 2.35. The second-order valence-electron chi connectivity index (χ2n) is 4.34. The Morgan fingerprint density at radius 1 is 1.64 bits per heavy atom. The molecule has 1 aliphatic carbocycles. The van der Waals surface area contributed by atoms with Crippen LogP contribution in [0.15, 0.2) is 18.5 Å². The molecular formula is C11H16N2O. The monoisotopic (exact) mass is 192 g/mol. The second kappa shape index (κ2) is 3.24. The average molecular weight is 192 g/mol. The Morgan fingerprint density at radius 3 is 3.00 bits per heavy atom. The molecule has 1 saturated carbocycles. The summed E-state index contributed by atoms with van der Waals surface area (Å²) in [6, 6.07) is 1.75. The van der Waals surface area contributed by atoms with Gasteiger partial charge in [-0.2, -0.15) is 0 Å². The SMILES string of the molecule is CC1CCC(O)(c2cnccc2N)C1. The Bertz CT molecular complexity index is 340. The van der Waals surface area contributed by atoms with Crippen LogP contribution in [0.25, 0.3) is 0 Å². The third kappa shape index (κ3) is 1.48. The van der Waals surface area contributed by atoms with E-state index in [-0.39, 0.29) is 0 Å². The number of nitrogen functional groups attached to an aromatic ring is 1. The molecule has 1 aliphatic rings. The van der Waals surface area contributed by atoms with Gasteiger partial charge in [-0.05, 0) is 31.2 Å². The van der Waals surface area contributed by atoms with Gasteiger partial charge in [0.15, 0.2) is 0 Å². The summed E-state index contributed by atoms with van der Waals surface area (Å²) in [5, 5.41) is 10.4. The first-order chi connectivity index (χ1) is 6.62. The summed E-state index contributed by atoms with van der Waals surface area (Å²) in [4.78, 5) is 4.02. The Morgan fingerprint density at radius 2 is 2.43 bits per heavy atom. The molecule has 0 spiro atoms. The van der Waals surface area contributed by atoms with Gasteiger partial charge in [0.25, 0.3) is 0 Å². The highest BCUT2D eigenvalue weighted by Crippen LogP contribution is 2.43. The quantitative estimate of drug-likeness (QED) is 0.711. The van der Waals surface area contributed by atoms with Crippen molar-refractivity contribution in [3.63, 3.8) is 0 Å². The summed E-state index contributed by atoms with van der Waals surface area (Å²) in [7, 11) is 0. The van der Waals surface area contributed by atoms with Crippen molar-refractivity contribution in [2.24, 2.45) is 5.92 Å². The highest BCUT2D eigenvalue weighted by Gasteiger charge is 2.38. The number of anilines is 1. The van der Waals surface area contributed by atoms with Crippen molar-refractivity contribution in [1.82, 2.24) is 4.98 Å². The molecule has 1 aromatic heterocycles. The van der Waals surface area contributed by atoms with E-state index >= 15 is 0 Å². The standard InChI is InChI=1S/C11H16N2O/c1-8-2-4-11(14,6-8)9-7-13-5-3-10(9)12/h3,5,7-8,14H,2,4,6H2,1H3,(H2,12,13). The van der Waals surface area contributed by atoms with Gasteiger partial charge in [0.2, 0.25) is 0 Å². The second-order valence-corrected chi connectivity index (χ2v) is 4.34. The number of nitrogens with zero attached hydrogens (tertiary/aromatic N) is 1. The molecule has 1 aromatic rings. The number of aromatic nitrogens is 1. The van der Waals surface area contributed by atoms with Gasteiger partial charge >= 0.3 is 0 Å². The van der Waals surface area contributed by atoms with Crippen molar-refractivity contribution in [2.45, 2.75) is 31.8 Å². The number of hydrogen-bond acceptors (Lipinski definition) is 3. The highest BCUT2D eigenvalue weighted by molar-refractivity contribution is 5.48. The molecule has 0 aliphatic heterocycles. The van der Waals surface area contributed by atoms with Crippen LogP contribution in [0.5, 0.6) is 0 Å². The molecule has 0 amide bonds. The fourth-order valence-corrected chi connectivity index (χ4v) is 2.30. The minimum Gasteiger partial charge on any atom is -0.398 e. The van der Waals surface area contributed by atoms with Crippen molar-refractivity contribution < 1.29 is 5.11 Å². The van der Waals surface area contributed by atoms with Crippen molar-refractivity contribution in [1.29, 1.82) is 0 Å². The Labute approximate surface area is 84.0 Å². The molecular weight excluding hydrogens is 176 g/mol. The van der Waals surface area contributed by atoms with Gasteiger partial charge in [0.1, 0.15) is 0 Å². The van der Waals surface area contributed by atoms with E-state index in [1.807, 2.05) is 0 Å². The first-order valence-corrected chi connectivity index (χ1v) is 5.04. The predicted molar refractivity (Wildman–Crippen MR) is 55.6 cm³/mol. The first-order valence-electron chi connectivity index (χ1n) is 5.04. The van der Waals surface area contributed by atoms with E-state index in [1.54, 1.807) is 18.5 Å². The van der Waals surface area contributed by atoms with Gasteiger partial charge in [-0.15, -0.1) is 0 Å². The maximum atomic E-state index is 10.4. The van der Waals surface area contributed by atoms with E-state index in [0.717, 1.165) is 24.8 Å². The molecule has 3 N–H and O–H groups in total. The number of pyridine rings is 1. The summed E-state index contributed by atoms with van der Waals surface area (Å²) in [5.41, 5.74) is 6.54. The lowest BCUT2D eigenvalue weighted by Crippen LogP contribution is -2.23. The molecule has 0 saturated heterocycles. The zero-order valence-electron chi connectivity index (χ0n) is 8.40. The van der Waals surface area contributed by atoms with E-state index in [9.17, 15) is 5.11 Å². The van der Waals surface area contributed by atoms with Gasteiger partial charge in [-0.1, -0.05) is 6.92 Å². The molecule has 3 heteroatoms. The largest absolute Gasteiger partial charge is 0.398 e. The van der Waals surface area contributed by atoms with Crippen LogP contribution < -0.4 is 5.73 Å². The van der Waals surface area contributed by atoms with E-state index in [2.05, 4.69) is 11.9 Å². The zero-order chi connectivity index (χ0) is 10.2. The van der Waals surface area contributed by atoms with Crippen LogP contribution in [0.4, 0.5) is 5.69 Å². The van der Waals surface area contributed by atoms with Crippen LogP contribution in [0.1, 0.15) is 31.7 Å². The fourth-order valence-electron chi connectivity index (χ4n) is 2.30. The summed E-state index contributed by atoms with van der Waals surface area (Å²) in [6.07, 6.45) is 5.99. The Hall–Kier alpha value is -1.09. The molecule has 0 aromatic carbocycles. The highest BCUT2D eigenvalue weighted by atomic mass is 16.3. The zero-order valence-corrected chi connectivity index (χ0v) is 8.40. The van der Waals surface area contributed by atoms with Crippen molar-refractivity contribution in [2.75, 3.05) is 5.73 Å². The summed E-state index contributed by atoms with van der Waals surface area (Å²) in [5.74, 6) is 0.569. The minimum atomic E-state index is -0.738. The van der Waals surface area contributed by atoms with Crippen molar-refractivity contribution in [3.8, 4) is 0 Å². The maximum Gasteiger partial charge on any atom is 0.0934 e. The topological polar surface area (TPSA) is 59.1 Å². The molecule has 76 valence electrons. The van der Waals surface area contributed by atoms with Crippen LogP contribution in [0.2, 0.25) is 0 Å². The fraction of sp³-hybridized carbons (Fsp3) is 0.545. The minimum absolute atomic E-state index is 0.569. The van der Waals surface area contributed by atoms with Crippen LogP contribution in [0.3, 0.4) is 0 Å². The molecule has 2 atom stereocenters. The number of rotatable bonds is 1. The smallest absolute Gasteiger partial charge is 0.0934 e. The van der Waals surface area contributed by atoms with E-state index in [1.165, 1.54) is 0 Å². The summed E-state index contributed by atoms with van der Waals surface area (Å²) >= 11 is 0. The van der Waals surface area contributed by atoms with Crippen LogP contribution >= 0.6 is 0 Å². The molecule has 2 rings (SSSR count). The van der Waals surface area contributed by atoms with E-state index in [0.29, 0.717) is 11.6 Å². The van der Waals surface area contributed by atoms with Gasteiger partial charge in [0, 0.05) is 23.6 Å². The number of nitrogens with two attached hydrogens (primary N) is 1. The average Bonchev–Trinajstić information content (AvgIpc) is 2.48. The normalized spacial score (nSPS) is 32.0. The van der Waals surface area contributed by atoms with Gasteiger partial charge in [0.05, 0.1) is 5.60 Å². The van der Waals surface area contributed by atoms with Crippen LogP contribution in [-0.4, -0.2) is 10.1 Å². The Kier molecular flexibility index (Phi) is 2.19. The van der Waals surface area contributed by atoms with Gasteiger partial charge in [-0.3, -0.25) is 4.98 Å². The molecule has 14 heavy (non-hydrogen) atoms. The molecule has 2 unspecified atom stereocenters. The molecule has 1 heterocycles. The lowest BCUT2D eigenvalue weighted by molar-refractivity contribution is 0.0412. The summed E-state index contributed by atoms with van der Waals surface area (Å²) in [6.45, 7) is 2.16. The summed E-state index contributed by atoms with van der Waals surface area (Å²) < 4.78 is 0. The molecule has 3 nitrogen and oxygen atoms in total. The third-order valence-corrected chi connectivity index (χ3v) is 3.09. The lowest BCUT2D eigenvalue weighted by atomic mass is 9.91. The number of hydrogen-bond donors (Lipinski definition) is 2. The predicted octanol–water partition coefficient (Wildman–Crippen LogP) is 1.67.